The number of carbonyl (C=O) groups excluding carboxylic acids is 1. The van der Waals surface area contributed by atoms with Crippen molar-refractivity contribution in [2.75, 3.05) is 26.0 Å². The smallest absolute Gasteiger partial charge is 0.369 e. The second kappa shape index (κ2) is 10.8. The van der Waals surface area contributed by atoms with E-state index in [4.69, 9.17) is 4.74 Å². The van der Waals surface area contributed by atoms with Crippen LogP contribution >= 0.6 is 11.3 Å². The largest absolute Gasteiger partial charge is 0.416 e. The molecule has 2 aliphatic rings. The molecule has 0 radical (unpaired) electrons. The van der Waals surface area contributed by atoms with Crippen LogP contribution in [0.25, 0.3) is 0 Å². The molecule has 0 aliphatic carbocycles. The lowest BCUT2D eigenvalue weighted by molar-refractivity contribution is -0.137. The van der Waals surface area contributed by atoms with Gasteiger partial charge in [0.15, 0.2) is 15.6 Å². The van der Waals surface area contributed by atoms with Crippen LogP contribution in [0.5, 0.6) is 0 Å². The van der Waals surface area contributed by atoms with Gasteiger partial charge in [0.2, 0.25) is 0 Å². The molecule has 2 aromatic carbocycles. The molecule has 3 heterocycles. The van der Waals surface area contributed by atoms with E-state index in [1.807, 2.05) is 6.07 Å². The Kier molecular flexibility index (Phi) is 7.76. The van der Waals surface area contributed by atoms with E-state index in [1.54, 1.807) is 36.4 Å². The summed E-state index contributed by atoms with van der Waals surface area (Å²) in [5.74, 6) is 0.0662. The first kappa shape index (κ1) is 28.0. The van der Waals surface area contributed by atoms with Gasteiger partial charge in [0.05, 0.1) is 21.9 Å². The van der Waals surface area contributed by atoms with Crippen molar-refractivity contribution in [1.29, 1.82) is 0 Å². The van der Waals surface area contributed by atoms with E-state index in [0.717, 1.165) is 65.4 Å². The number of thiophene rings is 1. The molecular formula is C29H30F3NO4S2. The summed E-state index contributed by atoms with van der Waals surface area (Å²) in [6.07, 6.45) is 0.00671. The Balaban J connectivity index is 1.21. The third-order valence-electron chi connectivity index (χ3n) is 7.59. The molecule has 1 fully saturated rings. The average molecular weight is 578 g/mol. The quantitative estimate of drug-likeness (QED) is 0.320. The van der Waals surface area contributed by atoms with E-state index >= 15 is 0 Å². The fraction of sp³-hybridized carbons (Fsp3) is 0.414. The molecule has 0 saturated carbocycles. The molecule has 5 nitrogen and oxygen atoms in total. The van der Waals surface area contributed by atoms with Gasteiger partial charge >= 0.3 is 6.18 Å². The fourth-order valence-electron chi connectivity index (χ4n) is 5.34. The van der Waals surface area contributed by atoms with Gasteiger partial charge in [-0.15, -0.1) is 11.3 Å². The highest BCUT2D eigenvalue weighted by molar-refractivity contribution is 7.90. The lowest BCUT2D eigenvalue weighted by atomic mass is 9.85. The molecule has 208 valence electrons. The minimum atomic E-state index is -4.33. The molecule has 3 aromatic rings. The number of halogens is 3. The summed E-state index contributed by atoms with van der Waals surface area (Å²) in [5.41, 5.74) is 1.87. The van der Waals surface area contributed by atoms with E-state index in [0.29, 0.717) is 26.0 Å². The Morgan fingerprint density at radius 1 is 1.03 bits per heavy atom. The minimum absolute atomic E-state index is 0.0662. The highest BCUT2D eigenvalue weighted by Crippen LogP contribution is 2.46. The number of likely N-dealkylation sites (tertiary alicyclic amines) is 1. The van der Waals surface area contributed by atoms with Crippen molar-refractivity contribution < 1.29 is 31.1 Å². The zero-order valence-corrected chi connectivity index (χ0v) is 23.2. The number of ketones is 1. The monoisotopic (exact) mass is 577 g/mol. The number of piperidine rings is 1. The van der Waals surface area contributed by atoms with Gasteiger partial charge < -0.3 is 4.74 Å². The summed E-state index contributed by atoms with van der Waals surface area (Å²) >= 11 is 1.52. The van der Waals surface area contributed by atoms with Crippen molar-refractivity contribution in [3.05, 3.63) is 86.6 Å². The number of carbonyl (C=O) groups is 1. The molecule has 1 saturated heterocycles. The van der Waals surface area contributed by atoms with E-state index in [-0.39, 0.29) is 10.7 Å². The minimum Gasteiger partial charge on any atom is -0.369 e. The van der Waals surface area contributed by atoms with Crippen molar-refractivity contribution in [1.82, 2.24) is 4.90 Å². The number of Topliss-reactive ketones (excluding diaryl/α,β-unsaturated/α-hetero) is 1. The second-order valence-electron chi connectivity index (χ2n) is 10.4. The van der Waals surface area contributed by atoms with Crippen molar-refractivity contribution in [2.24, 2.45) is 0 Å². The van der Waals surface area contributed by atoms with Crippen molar-refractivity contribution in [2.45, 2.75) is 55.3 Å². The fourth-order valence-corrected chi connectivity index (χ4v) is 7.35. The maximum Gasteiger partial charge on any atom is 0.416 e. The first-order valence-corrected chi connectivity index (χ1v) is 15.6. The van der Waals surface area contributed by atoms with Crippen LogP contribution < -0.4 is 0 Å². The molecule has 0 N–H and O–H groups in total. The molecule has 0 unspecified atom stereocenters. The molecule has 39 heavy (non-hydrogen) atoms. The van der Waals surface area contributed by atoms with Crippen LogP contribution in [0.15, 0.2) is 59.5 Å². The van der Waals surface area contributed by atoms with E-state index in [1.165, 1.54) is 23.2 Å². The van der Waals surface area contributed by atoms with E-state index < -0.39 is 27.2 Å². The first-order valence-electron chi connectivity index (χ1n) is 12.9. The van der Waals surface area contributed by atoms with Crippen LogP contribution in [0.1, 0.15) is 56.1 Å². The molecule has 0 amide bonds. The standard InChI is InChI=1S/C29H30F3NO4S2/c1-39(35,36)24-9-4-20(5-10-24)6-11-25(34)26-18-22-12-17-37-28(27(22)38-26)13-15-33(16-14-28)19-21-2-7-23(8-3-21)29(30,31)32/h2-5,7-10,18H,6,11-17,19H2,1H3. The number of alkyl halides is 3. The summed E-state index contributed by atoms with van der Waals surface area (Å²) in [6.45, 7) is 2.69. The Morgan fingerprint density at radius 3 is 2.28 bits per heavy atom. The van der Waals surface area contributed by atoms with E-state index in [9.17, 15) is 26.4 Å². The maximum atomic E-state index is 13.1. The Morgan fingerprint density at radius 2 is 1.67 bits per heavy atom. The molecule has 2 aliphatic heterocycles. The number of fused-ring (bicyclic) bond motifs is 2. The third kappa shape index (κ3) is 6.29. The highest BCUT2D eigenvalue weighted by Gasteiger charge is 2.42. The molecular weight excluding hydrogens is 547 g/mol. The van der Waals surface area contributed by atoms with Crippen molar-refractivity contribution in [3.8, 4) is 0 Å². The van der Waals surface area contributed by atoms with Gasteiger partial charge in [0.1, 0.15) is 5.60 Å². The molecule has 0 bridgehead atoms. The number of aryl methyl sites for hydroxylation is 1. The Hall–Kier alpha value is -2.53. The van der Waals surface area contributed by atoms with Gasteiger partial charge in [-0.25, -0.2) is 8.42 Å². The topological polar surface area (TPSA) is 63.7 Å². The number of rotatable bonds is 7. The van der Waals surface area contributed by atoms with Crippen molar-refractivity contribution >= 4 is 27.0 Å². The summed E-state index contributed by atoms with van der Waals surface area (Å²) in [5, 5.41) is 0. The van der Waals surface area contributed by atoms with Crippen molar-refractivity contribution in [3.63, 3.8) is 0 Å². The Labute approximate surface area is 230 Å². The van der Waals surface area contributed by atoms with Crippen LogP contribution in [-0.2, 0) is 45.7 Å². The lowest BCUT2D eigenvalue weighted by Crippen LogP contribution is -2.45. The van der Waals surface area contributed by atoms with Crippen LogP contribution in [0.3, 0.4) is 0 Å². The van der Waals surface area contributed by atoms with Gasteiger partial charge in [0.25, 0.3) is 0 Å². The summed E-state index contributed by atoms with van der Waals surface area (Å²) in [4.78, 5) is 17.4. The summed E-state index contributed by atoms with van der Waals surface area (Å²) in [6, 6.07) is 14.0. The van der Waals surface area contributed by atoms with Crippen LogP contribution in [0.2, 0.25) is 0 Å². The third-order valence-corrected chi connectivity index (χ3v) is 10.1. The predicted molar refractivity (Wildman–Crippen MR) is 144 cm³/mol. The van der Waals surface area contributed by atoms with Gasteiger partial charge in [0, 0.05) is 37.2 Å². The maximum absolute atomic E-state index is 13.1. The Bertz CT molecular complexity index is 1440. The predicted octanol–water partition coefficient (Wildman–Crippen LogP) is 6.05. The molecule has 1 aromatic heterocycles. The average Bonchev–Trinajstić information content (AvgIpc) is 3.35. The second-order valence-corrected chi connectivity index (χ2v) is 13.4. The van der Waals surface area contributed by atoms with Gasteiger partial charge in [-0.2, -0.15) is 13.2 Å². The lowest BCUT2D eigenvalue weighted by Gasteiger charge is -2.43. The highest BCUT2D eigenvalue weighted by atomic mass is 32.2. The summed E-state index contributed by atoms with van der Waals surface area (Å²) in [7, 11) is -3.25. The molecule has 10 heteroatoms. The number of nitrogens with zero attached hydrogens (tertiary/aromatic N) is 1. The zero-order valence-electron chi connectivity index (χ0n) is 21.6. The van der Waals surface area contributed by atoms with Gasteiger partial charge in [-0.05, 0) is 72.7 Å². The van der Waals surface area contributed by atoms with Crippen LogP contribution in [0.4, 0.5) is 13.2 Å². The molecule has 1 spiro atoms. The number of benzene rings is 2. The number of hydrogen-bond donors (Lipinski definition) is 0. The summed E-state index contributed by atoms with van der Waals surface area (Å²) < 4.78 is 68.2. The number of hydrogen-bond acceptors (Lipinski definition) is 6. The number of sulfone groups is 1. The molecule has 5 rings (SSSR count). The van der Waals surface area contributed by atoms with Crippen LogP contribution in [-0.4, -0.2) is 45.1 Å². The number of ether oxygens (including phenoxy) is 1. The first-order chi connectivity index (χ1) is 18.4. The van der Waals surface area contributed by atoms with Gasteiger partial charge in [-0.1, -0.05) is 24.3 Å². The zero-order chi connectivity index (χ0) is 27.8. The molecule has 0 atom stereocenters. The normalized spacial score (nSPS) is 17.7. The van der Waals surface area contributed by atoms with Crippen LogP contribution in [0, 0.1) is 0 Å². The van der Waals surface area contributed by atoms with E-state index in [2.05, 4.69) is 4.90 Å². The SMILES string of the molecule is CS(=O)(=O)c1ccc(CCC(=O)c2cc3c(s2)C2(CCN(Cc4ccc(C(F)(F)F)cc4)CC2)OCC3)cc1. The van der Waals surface area contributed by atoms with Gasteiger partial charge in [-0.3, -0.25) is 9.69 Å².